The molecular weight excluding hydrogens is 284 g/mol. The van der Waals surface area contributed by atoms with Gasteiger partial charge in [0.2, 0.25) is 0 Å². The third-order valence-electron chi connectivity index (χ3n) is 3.33. The topological polar surface area (TPSA) is 96.3 Å². The number of thiol groups is 1. The molecule has 0 aliphatic rings. The van der Waals surface area contributed by atoms with Crippen molar-refractivity contribution >= 4 is 24.0 Å². The van der Waals surface area contributed by atoms with Crippen LogP contribution in [-0.4, -0.2) is 23.8 Å². The highest BCUT2D eigenvalue weighted by Gasteiger charge is 2.17. The third kappa shape index (κ3) is 5.74. The average molecular weight is 312 g/mol. The minimum atomic E-state index is -0.786. The predicted octanol–water partition coefficient (Wildman–Crippen LogP) is 1.42. The summed E-state index contributed by atoms with van der Waals surface area (Å²) in [6.07, 6.45) is 0.109. The van der Waals surface area contributed by atoms with Crippen molar-refractivity contribution in [3.63, 3.8) is 0 Å². The van der Waals surface area contributed by atoms with Gasteiger partial charge in [-0.25, -0.2) is 0 Å². The van der Waals surface area contributed by atoms with E-state index in [-0.39, 0.29) is 5.41 Å². The molecule has 5 nitrogen and oxygen atoms in total. The molecule has 7 N–H and O–H groups in total. The Balaban J connectivity index is 2.68. The zero-order valence-electron chi connectivity index (χ0n) is 13.1. The van der Waals surface area contributed by atoms with Crippen molar-refractivity contribution in [1.82, 2.24) is 10.6 Å². The van der Waals surface area contributed by atoms with Crippen molar-refractivity contribution in [3.05, 3.63) is 23.3 Å². The zero-order chi connectivity index (χ0) is 16.0. The fourth-order valence-electron chi connectivity index (χ4n) is 1.94. The number of hydrogen-bond donors (Lipinski definition) is 6. The molecule has 6 heteroatoms. The van der Waals surface area contributed by atoms with Crippen LogP contribution in [0.15, 0.2) is 12.1 Å². The van der Waals surface area contributed by atoms with Gasteiger partial charge in [0, 0.05) is 23.5 Å². The third-order valence-corrected chi connectivity index (χ3v) is 3.65. The van der Waals surface area contributed by atoms with Crippen molar-refractivity contribution in [2.75, 3.05) is 23.8 Å². The molecule has 21 heavy (non-hydrogen) atoms. The second kappa shape index (κ2) is 7.89. The normalized spacial score (nSPS) is 13.4. The first-order valence-electron chi connectivity index (χ1n) is 7.19. The molecule has 1 aromatic rings. The number of benzene rings is 1. The van der Waals surface area contributed by atoms with E-state index in [1.54, 1.807) is 0 Å². The number of aliphatic hydroxyl groups excluding tert-OH is 1. The second-order valence-electron chi connectivity index (χ2n) is 6.20. The van der Waals surface area contributed by atoms with E-state index < -0.39 is 6.35 Å². The van der Waals surface area contributed by atoms with E-state index >= 15 is 0 Å². The SMILES string of the molecule is CC(C)(C)c1cc(N)c(CNC(O)NCCCS)c(N)c1. The molecule has 0 radical (unpaired) electrons. The lowest BCUT2D eigenvalue weighted by Gasteiger charge is -2.22. The number of anilines is 2. The summed E-state index contributed by atoms with van der Waals surface area (Å²) >= 11 is 4.12. The molecule has 1 atom stereocenters. The number of nitrogens with two attached hydrogens (primary N) is 2. The van der Waals surface area contributed by atoms with Gasteiger partial charge in [0.15, 0.2) is 6.35 Å². The molecule has 0 spiro atoms. The van der Waals surface area contributed by atoms with Crippen LogP contribution in [0, 0.1) is 0 Å². The Labute approximate surface area is 132 Å². The van der Waals surface area contributed by atoms with Crippen molar-refractivity contribution in [2.45, 2.75) is 45.5 Å². The molecule has 0 aromatic heterocycles. The number of nitrogen functional groups attached to an aromatic ring is 2. The number of hydrogen-bond acceptors (Lipinski definition) is 6. The molecule has 0 aliphatic carbocycles. The summed E-state index contributed by atoms with van der Waals surface area (Å²) in [7, 11) is 0. The number of rotatable bonds is 7. The molecule has 1 unspecified atom stereocenters. The van der Waals surface area contributed by atoms with Crippen molar-refractivity contribution in [1.29, 1.82) is 0 Å². The monoisotopic (exact) mass is 312 g/mol. The number of nitrogens with one attached hydrogen (secondary N) is 2. The van der Waals surface area contributed by atoms with E-state index in [0.717, 1.165) is 23.3 Å². The Morgan fingerprint density at radius 3 is 2.24 bits per heavy atom. The van der Waals surface area contributed by atoms with E-state index in [1.165, 1.54) is 0 Å². The molecule has 0 fully saturated rings. The van der Waals surface area contributed by atoms with Gasteiger partial charge in [-0.05, 0) is 41.8 Å². The van der Waals surface area contributed by atoms with Crippen LogP contribution >= 0.6 is 12.6 Å². The van der Waals surface area contributed by atoms with Crippen LogP contribution in [-0.2, 0) is 12.0 Å². The van der Waals surface area contributed by atoms with Crippen LogP contribution in [0.5, 0.6) is 0 Å². The van der Waals surface area contributed by atoms with Gasteiger partial charge in [0.05, 0.1) is 0 Å². The van der Waals surface area contributed by atoms with Crippen LogP contribution in [0.4, 0.5) is 11.4 Å². The maximum Gasteiger partial charge on any atom is 0.160 e. The Hall–Kier alpha value is -0.950. The molecule has 0 aliphatic heterocycles. The smallest absolute Gasteiger partial charge is 0.160 e. The first kappa shape index (κ1) is 18.1. The number of aliphatic hydroxyl groups is 1. The fraction of sp³-hybridized carbons (Fsp3) is 0.600. The maximum absolute atomic E-state index is 9.77. The summed E-state index contributed by atoms with van der Waals surface area (Å²) < 4.78 is 0. The average Bonchev–Trinajstić information content (AvgIpc) is 2.36. The van der Waals surface area contributed by atoms with E-state index in [9.17, 15) is 5.11 Å². The van der Waals surface area contributed by atoms with Crippen LogP contribution in [0.3, 0.4) is 0 Å². The van der Waals surface area contributed by atoms with E-state index in [4.69, 9.17) is 11.5 Å². The molecule has 1 rings (SSSR count). The van der Waals surface area contributed by atoms with Crippen molar-refractivity contribution in [3.8, 4) is 0 Å². The van der Waals surface area contributed by atoms with Gasteiger partial charge in [-0.15, -0.1) is 0 Å². The summed E-state index contributed by atoms with van der Waals surface area (Å²) in [6, 6.07) is 3.90. The van der Waals surface area contributed by atoms with E-state index in [2.05, 4.69) is 44.0 Å². The molecule has 0 amide bonds. The molecule has 0 heterocycles. The van der Waals surface area contributed by atoms with Gasteiger partial charge in [-0.1, -0.05) is 20.8 Å². The first-order chi connectivity index (χ1) is 9.75. The summed E-state index contributed by atoms with van der Waals surface area (Å²) in [6.45, 7) is 7.47. The van der Waals surface area contributed by atoms with Gasteiger partial charge < -0.3 is 16.6 Å². The lowest BCUT2D eigenvalue weighted by molar-refractivity contribution is 0.100. The van der Waals surface area contributed by atoms with Crippen LogP contribution in [0.1, 0.15) is 38.3 Å². The molecule has 1 aromatic carbocycles. The minimum absolute atomic E-state index is 0.00211. The minimum Gasteiger partial charge on any atom is -0.398 e. The second-order valence-corrected chi connectivity index (χ2v) is 6.65. The fourth-order valence-corrected chi connectivity index (χ4v) is 2.10. The van der Waals surface area contributed by atoms with Gasteiger partial charge in [0.25, 0.3) is 0 Å². The van der Waals surface area contributed by atoms with E-state index in [0.29, 0.717) is 24.5 Å². The summed E-state index contributed by atoms with van der Waals surface area (Å²) in [5, 5.41) is 15.7. The Bertz CT molecular complexity index is 436. The highest BCUT2D eigenvalue weighted by molar-refractivity contribution is 7.80. The Kier molecular flexibility index (Phi) is 6.80. The van der Waals surface area contributed by atoms with Gasteiger partial charge in [0.1, 0.15) is 0 Å². The quantitative estimate of drug-likeness (QED) is 0.198. The van der Waals surface area contributed by atoms with Crippen molar-refractivity contribution in [2.24, 2.45) is 0 Å². The molecule has 0 saturated carbocycles. The largest absolute Gasteiger partial charge is 0.398 e. The lowest BCUT2D eigenvalue weighted by Crippen LogP contribution is -2.42. The molecular formula is C15H28N4OS. The summed E-state index contributed by atoms with van der Waals surface area (Å²) in [5.41, 5.74) is 15.4. The maximum atomic E-state index is 9.77. The molecule has 120 valence electrons. The first-order valence-corrected chi connectivity index (χ1v) is 7.83. The van der Waals surface area contributed by atoms with Crippen LogP contribution in [0.25, 0.3) is 0 Å². The van der Waals surface area contributed by atoms with Gasteiger partial charge in [-0.2, -0.15) is 12.6 Å². The highest BCUT2D eigenvalue weighted by Crippen LogP contribution is 2.29. The summed E-state index contributed by atoms with van der Waals surface area (Å²) in [5.74, 6) is 0.786. The lowest BCUT2D eigenvalue weighted by atomic mass is 9.85. The van der Waals surface area contributed by atoms with E-state index in [1.807, 2.05) is 12.1 Å². The predicted molar refractivity (Wildman–Crippen MR) is 93.3 cm³/mol. The van der Waals surface area contributed by atoms with Crippen LogP contribution in [0.2, 0.25) is 0 Å². The Morgan fingerprint density at radius 2 is 1.76 bits per heavy atom. The zero-order valence-corrected chi connectivity index (χ0v) is 14.0. The molecule has 0 saturated heterocycles. The highest BCUT2D eigenvalue weighted by atomic mass is 32.1. The van der Waals surface area contributed by atoms with Gasteiger partial charge in [-0.3, -0.25) is 10.6 Å². The summed E-state index contributed by atoms with van der Waals surface area (Å²) in [4.78, 5) is 0. The van der Waals surface area contributed by atoms with Gasteiger partial charge >= 0.3 is 0 Å². The van der Waals surface area contributed by atoms with Crippen molar-refractivity contribution < 1.29 is 5.11 Å². The standard InChI is InChI=1S/C15H28N4OS/c1-15(2,3)10-7-12(16)11(13(17)8-10)9-19-14(20)18-5-4-6-21/h7-8,14,18-21H,4-6,9,16-17H2,1-3H3. The van der Waals surface area contributed by atoms with Crippen LogP contribution < -0.4 is 22.1 Å². The Morgan fingerprint density at radius 1 is 1.19 bits per heavy atom. The molecule has 0 bridgehead atoms.